The molecular weight excluding hydrogens is 154 g/mol. The smallest absolute Gasteiger partial charge is 0.0781 e. The molecule has 0 aliphatic carbocycles. The molecule has 4 N–H and O–H groups in total. The van der Waals surface area contributed by atoms with Crippen LogP contribution in [0.25, 0.3) is 0 Å². The molecule has 0 saturated carbocycles. The molecule has 0 spiro atoms. The summed E-state index contributed by atoms with van der Waals surface area (Å²) in [6.07, 6.45) is -0.587. The summed E-state index contributed by atoms with van der Waals surface area (Å²) < 4.78 is 0. The Bertz CT molecular complexity index is 271. The van der Waals surface area contributed by atoms with E-state index >= 15 is 0 Å². The zero-order chi connectivity index (χ0) is 9.14. The molecule has 0 amide bonds. The number of rotatable bonds is 2. The van der Waals surface area contributed by atoms with Crippen LogP contribution in [0.4, 0.5) is 5.69 Å². The summed E-state index contributed by atoms with van der Waals surface area (Å²) in [6.45, 7) is 1.55. The van der Waals surface area contributed by atoms with E-state index in [2.05, 4.69) is 0 Å². The van der Waals surface area contributed by atoms with E-state index in [9.17, 15) is 5.11 Å². The Balaban J connectivity index is 3.14. The summed E-state index contributed by atoms with van der Waals surface area (Å²) in [5.41, 5.74) is 7.48. The molecule has 1 atom stereocenters. The van der Waals surface area contributed by atoms with Crippen LogP contribution >= 0.6 is 0 Å². The van der Waals surface area contributed by atoms with Gasteiger partial charge in [0, 0.05) is 16.8 Å². The first-order valence-electron chi connectivity index (χ1n) is 3.83. The molecule has 1 aromatic carbocycles. The number of nitrogen functional groups attached to an aromatic ring is 1. The van der Waals surface area contributed by atoms with Gasteiger partial charge < -0.3 is 15.9 Å². The minimum Gasteiger partial charge on any atom is -0.398 e. The maximum Gasteiger partial charge on any atom is 0.0781 e. The molecule has 0 fully saturated rings. The fourth-order valence-electron chi connectivity index (χ4n) is 1.14. The highest BCUT2D eigenvalue weighted by Crippen LogP contribution is 2.23. The fourth-order valence-corrected chi connectivity index (χ4v) is 1.14. The number of hydrogen-bond donors (Lipinski definition) is 3. The van der Waals surface area contributed by atoms with Crippen molar-refractivity contribution in [1.82, 2.24) is 0 Å². The lowest BCUT2D eigenvalue weighted by molar-refractivity contribution is 0.199. The van der Waals surface area contributed by atoms with Gasteiger partial charge in [0.25, 0.3) is 0 Å². The molecule has 66 valence electrons. The Morgan fingerprint density at radius 2 is 2.17 bits per heavy atom. The van der Waals surface area contributed by atoms with E-state index in [1.807, 2.05) is 0 Å². The first kappa shape index (κ1) is 9.03. The lowest BCUT2D eigenvalue weighted by Gasteiger charge is -2.10. The van der Waals surface area contributed by atoms with Crippen molar-refractivity contribution < 1.29 is 10.2 Å². The number of nitrogens with two attached hydrogens (primary N) is 1. The predicted molar refractivity (Wildman–Crippen MR) is 47.4 cm³/mol. The monoisotopic (exact) mass is 167 g/mol. The second kappa shape index (κ2) is 3.56. The average molecular weight is 167 g/mol. The largest absolute Gasteiger partial charge is 0.398 e. The molecule has 3 nitrogen and oxygen atoms in total. The molecule has 0 unspecified atom stereocenters. The second-order valence-electron chi connectivity index (χ2n) is 2.75. The first-order chi connectivity index (χ1) is 5.66. The molecular formula is C9H13NO2. The average Bonchev–Trinajstić information content (AvgIpc) is 2.04. The zero-order valence-corrected chi connectivity index (χ0v) is 6.99. The van der Waals surface area contributed by atoms with E-state index < -0.39 is 6.10 Å². The molecule has 0 heterocycles. The maximum absolute atomic E-state index is 9.26. The minimum absolute atomic E-state index is 0.0909. The SMILES string of the molecule is C[C@@H](O)c1cccc(CO)c1N. The van der Waals surface area contributed by atoms with E-state index in [1.165, 1.54) is 0 Å². The van der Waals surface area contributed by atoms with Crippen molar-refractivity contribution in [3.05, 3.63) is 29.3 Å². The van der Waals surface area contributed by atoms with Crippen molar-refractivity contribution in [3.63, 3.8) is 0 Å². The van der Waals surface area contributed by atoms with E-state index in [4.69, 9.17) is 10.8 Å². The molecule has 0 aliphatic rings. The molecule has 0 radical (unpaired) electrons. The van der Waals surface area contributed by atoms with Gasteiger partial charge in [-0.25, -0.2) is 0 Å². The topological polar surface area (TPSA) is 66.5 Å². The Kier molecular flexibility index (Phi) is 2.68. The fraction of sp³-hybridized carbons (Fsp3) is 0.333. The first-order valence-corrected chi connectivity index (χ1v) is 3.83. The number of aliphatic hydroxyl groups is 2. The summed E-state index contributed by atoms with van der Waals surface area (Å²) in [5.74, 6) is 0. The number of para-hydroxylation sites is 1. The van der Waals surface area contributed by atoms with Crippen molar-refractivity contribution >= 4 is 5.69 Å². The van der Waals surface area contributed by atoms with Gasteiger partial charge in [-0.15, -0.1) is 0 Å². The van der Waals surface area contributed by atoms with Gasteiger partial charge in [0.05, 0.1) is 12.7 Å². The van der Waals surface area contributed by atoms with Crippen LogP contribution in [0.2, 0.25) is 0 Å². The lowest BCUT2D eigenvalue weighted by Crippen LogP contribution is -2.02. The van der Waals surface area contributed by atoms with Crippen molar-refractivity contribution in [2.45, 2.75) is 19.6 Å². The number of benzene rings is 1. The molecule has 0 aliphatic heterocycles. The Labute approximate surface area is 71.5 Å². The third-order valence-electron chi connectivity index (χ3n) is 1.85. The summed E-state index contributed by atoms with van der Waals surface area (Å²) >= 11 is 0. The van der Waals surface area contributed by atoms with Crippen LogP contribution in [0.3, 0.4) is 0 Å². The van der Waals surface area contributed by atoms with Crippen molar-refractivity contribution in [2.75, 3.05) is 5.73 Å². The molecule has 12 heavy (non-hydrogen) atoms. The van der Waals surface area contributed by atoms with Gasteiger partial charge in [-0.3, -0.25) is 0 Å². The van der Waals surface area contributed by atoms with E-state index in [0.29, 0.717) is 16.8 Å². The number of hydrogen-bond acceptors (Lipinski definition) is 3. The normalized spacial score (nSPS) is 12.9. The second-order valence-corrected chi connectivity index (χ2v) is 2.75. The maximum atomic E-state index is 9.26. The summed E-state index contributed by atoms with van der Waals surface area (Å²) in [5, 5.41) is 18.1. The Morgan fingerprint density at radius 1 is 1.50 bits per heavy atom. The van der Waals surface area contributed by atoms with E-state index in [0.717, 1.165) is 0 Å². The van der Waals surface area contributed by atoms with E-state index in [1.54, 1.807) is 25.1 Å². The highest BCUT2D eigenvalue weighted by atomic mass is 16.3. The number of anilines is 1. The quantitative estimate of drug-likeness (QED) is 0.571. The standard InChI is InChI=1S/C9H13NO2/c1-6(12)8-4-2-3-7(5-11)9(8)10/h2-4,6,11-12H,5,10H2,1H3/t6-/m1/s1. The Morgan fingerprint density at radius 3 is 2.67 bits per heavy atom. The van der Waals surface area contributed by atoms with Crippen molar-refractivity contribution in [3.8, 4) is 0 Å². The van der Waals surface area contributed by atoms with Gasteiger partial charge in [-0.2, -0.15) is 0 Å². The Hall–Kier alpha value is -1.06. The molecule has 1 rings (SSSR count). The van der Waals surface area contributed by atoms with Gasteiger partial charge in [-0.1, -0.05) is 18.2 Å². The molecule has 3 heteroatoms. The highest BCUT2D eigenvalue weighted by Gasteiger charge is 2.07. The van der Waals surface area contributed by atoms with Crippen LogP contribution in [0.15, 0.2) is 18.2 Å². The van der Waals surface area contributed by atoms with Gasteiger partial charge in [0.2, 0.25) is 0 Å². The summed E-state index contributed by atoms with van der Waals surface area (Å²) in [7, 11) is 0. The van der Waals surface area contributed by atoms with Crippen LogP contribution in [-0.2, 0) is 6.61 Å². The van der Waals surface area contributed by atoms with Crippen LogP contribution < -0.4 is 5.73 Å². The zero-order valence-electron chi connectivity index (χ0n) is 6.99. The summed E-state index contributed by atoms with van der Waals surface area (Å²) in [6, 6.07) is 5.25. The molecule has 0 saturated heterocycles. The van der Waals surface area contributed by atoms with Gasteiger partial charge in [-0.05, 0) is 6.92 Å². The lowest BCUT2D eigenvalue weighted by atomic mass is 10.0. The van der Waals surface area contributed by atoms with Crippen LogP contribution in [0.5, 0.6) is 0 Å². The third kappa shape index (κ3) is 1.57. The van der Waals surface area contributed by atoms with Crippen LogP contribution in [-0.4, -0.2) is 10.2 Å². The minimum atomic E-state index is -0.587. The van der Waals surface area contributed by atoms with Gasteiger partial charge in [0.1, 0.15) is 0 Å². The van der Waals surface area contributed by atoms with E-state index in [-0.39, 0.29) is 6.61 Å². The van der Waals surface area contributed by atoms with Crippen molar-refractivity contribution in [1.29, 1.82) is 0 Å². The van der Waals surface area contributed by atoms with Crippen LogP contribution in [0, 0.1) is 0 Å². The highest BCUT2D eigenvalue weighted by molar-refractivity contribution is 5.54. The molecule has 1 aromatic rings. The van der Waals surface area contributed by atoms with Crippen LogP contribution in [0.1, 0.15) is 24.2 Å². The van der Waals surface area contributed by atoms with Gasteiger partial charge >= 0.3 is 0 Å². The predicted octanol–water partition coefficient (Wildman–Crippen LogP) is 0.814. The van der Waals surface area contributed by atoms with Gasteiger partial charge in [0.15, 0.2) is 0 Å². The number of aliphatic hydroxyl groups excluding tert-OH is 2. The summed E-state index contributed by atoms with van der Waals surface area (Å²) in [4.78, 5) is 0. The third-order valence-corrected chi connectivity index (χ3v) is 1.85. The molecule has 0 aromatic heterocycles. The molecule has 0 bridgehead atoms. The van der Waals surface area contributed by atoms with Crippen molar-refractivity contribution in [2.24, 2.45) is 0 Å².